The number of hydrogen-bond donors (Lipinski definition) is 1. The minimum absolute atomic E-state index is 0.772. The Hall–Kier alpha value is -1.07. The first-order chi connectivity index (χ1) is 7.75. The molecular weight excluding hydrogens is 286 g/mol. The number of halogens is 1. The van der Waals surface area contributed by atoms with Gasteiger partial charge in [-0.05, 0) is 18.2 Å². The lowest BCUT2D eigenvalue weighted by Gasteiger charge is -2.05. The molecular formula is C11H10BrN3S. The summed E-state index contributed by atoms with van der Waals surface area (Å²) >= 11 is 5.08. The van der Waals surface area contributed by atoms with Crippen LogP contribution in [0.4, 0.5) is 5.69 Å². The molecule has 3 nitrogen and oxygen atoms in total. The van der Waals surface area contributed by atoms with E-state index in [0.29, 0.717) is 0 Å². The van der Waals surface area contributed by atoms with Gasteiger partial charge in [-0.25, -0.2) is 0 Å². The molecule has 0 fully saturated rings. The lowest BCUT2D eigenvalue weighted by Crippen LogP contribution is -1.90. The van der Waals surface area contributed by atoms with Gasteiger partial charge < -0.3 is 5.73 Å². The Morgan fingerprint density at radius 3 is 2.94 bits per heavy atom. The van der Waals surface area contributed by atoms with Crippen LogP contribution in [0.25, 0.3) is 0 Å². The summed E-state index contributed by atoms with van der Waals surface area (Å²) in [5, 5.41) is 0. The van der Waals surface area contributed by atoms with Crippen molar-refractivity contribution in [3.8, 4) is 0 Å². The number of hydrogen-bond acceptors (Lipinski definition) is 4. The van der Waals surface area contributed by atoms with Gasteiger partial charge in [0.15, 0.2) is 0 Å². The van der Waals surface area contributed by atoms with Crippen molar-refractivity contribution in [1.29, 1.82) is 0 Å². The minimum atomic E-state index is 0.772. The van der Waals surface area contributed by atoms with Gasteiger partial charge in [-0.3, -0.25) is 9.97 Å². The number of nitrogen functional groups attached to an aromatic ring is 1. The molecule has 0 saturated carbocycles. The molecule has 0 atom stereocenters. The molecule has 0 unspecified atom stereocenters. The van der Waals surface area contributed by atoms with Crippen LogP contribution in [0.3, 0.4) is 0 Å². The van der Waals surface area contributed by atoms with Gasteiger partial charge in [0.2, 0.25) is 0 Å². The highest BCUT2D eigenvalue weighted by atomic mass is 79.9. The molecule has 0 aliphatic carbocycles. The quantitative estimate of drug-likeness (QED) is 0.698. The minimum Gasteiger partial charge on any atom is -0.398 e. The first kappa shape index (κ1) is 11.4. The molecule has 1 heterocycles. The Morgan fingerprint density at radius 2 is 2.19 bits per heavy atom. The number of rotatable bonds is 3. The maximum absolute atomic E-state index is 5.88. The topological polar surface area (TPSA) is 51.8 Å². The monoisotopic (exact) mass is 295 g/mol. The third-order valence-electron chi connectivity index (χ3n) is 1.97. The van der Waals surface area contributed by atoms with Crippen molar-refractivity contribution in [2.45, 2.75) is 10.6 Å². The predicted molar refractivity (Wildman–Crippen MR) is 70.1 cm³/mol. The number of nitrogens with zero attached hydrogens (tertiary/aromatic N) is 2. The molecule has 2 aromatic rings. The molecule has 0 radical (unpaired) electrons. The van der Waals surface area contributed by atoms with Gasteiger partial charge in [-0.15, -0.1) is 11.8 Å². The van der Waals surface area contributed by atoms with Crippen molar-refractivity contribution in [2.24, 2.45) is 0 Å². The van der Waals surface area contributed by atoms with E-state index < -0.39 is 0 Å². The van der Waals surface area contributed by atoms with Crippen LogP contribution in [0.1, 0.15) is 5.69 Å². The summed E-state index contributed by atoms with van der Waals surface area (Å²) < 4.78 is 1.03. The average Bonchev–Trinajstić information content (AvgIpc) is 2.32. The lowest BCUT2D eigenvalue weighted by atomic mass is 10.3. The molecule has 0 amide bonds. The first-order valence-corrected chi connectivity index (χ1v) is 6.46. The Bertz CT molecular complexity index is 476. The van der Waals surface area contributed by atoms with E-state index in [2.05, 4.69) is 25.9 Å². The summed E-state index contributed by atoms with van der Waals surface area (Å²) in [6, 6.07) is 5.83. The number of anilines is 1. The van der Waals surface area contributed by atoms with Gasteiger partial charge in [-0.2, -0.15) is 0 Å². The summed E-state index contributed by atoms with van der Waals surface area (Å²) in [7, 11) is 0. The highest BCUT2D eigenvalue weighted by molar-refractivity contribution is 9.10. The van der Waals surface area contributed by atoms with Gasteiger partial charge in [0.25, 0.3) is 0 Å². The Balaban J connectivity index is 2.08. The molecule has 1 aromatic carbocycles. The zero-order chi connectivity index (χ0) is 11.4. The fourth-order valence-corrected chi connectivity index (χ4v) is 2.60. The first-order valence-electron chi connectivity index (χ1n) is 4.68. The number of nitrogens with two attached hydrogens (primary N) is 1. The largest absolute Gasteiger partial charge is 0.398 e. The van der Waals surface area contributed by atoms with Crippen molar-refractivity contribution in [3.63, 3.8) is 0 Å². The van der Waals surface area contributed by atoms with E-state index in [1.165, 1.54) is 0 Å². The van der Waals surface area contributed by atoms with E-state index in [-0.39, 0.29) is 0 Å². The maximum atomic E-state index is 5.88. The molecule has 0 spiro atoms. The summed E-state index contributed by atoms with van der Waals surface area (Å²) in [4.78, 5) is 9.29. The molecule has 5 heteroatoms. The summed E-state index contributed by atoms with van der Waals surface area (Å²) in [5.41, 5.74) is 7.62. The molecule has 2 N–H and O–H groups in total. The predicted octanol–water partition coefficient (Wildman–Crippen LogP) is 3.11. The third-order valence-corrected chi connectivity index (χ3v) is 3.57. The van der Waals surface area contributed by atoms with Crippen LogP contribution in [0.5, 0.6) is 0 Å². The van der Waals surface area contributed by atoms with E-state index >= 15 is 0 Å². The fourth-order valence-electron chi connectivity index (χ4n) is 1.19. The van der Waals surface area contributed by atoms with Gasteiger partial charge in [0, 0.05) is 39.4 Å². The lowest BCUT2D eigenvalue weighted by molar-refractivity contribution is 1.10. The summed E-state index contributed by atoms with van der Waals surface area (Å²) in [6.07, 6.45) is 5.13. The van der Waals surface area contributed by atoms with Crippen LogP contribution < -0.4 is 5.73 Å². The smallest absolute Gasteiger partial charge is 0.0689 e. The van der Waals surface area contributed by atoms with Crippen LogP contribution in [-0.2, 0) is 5.75 Å². The van der Waals surface area contributed by atoms with Crippen LogP contribution in [0.15, 0.2) is 46.2 Å². The van der Waals surface area contributed by atoms with Crippen molar-refractivity contribution in [3.05, 3.63) is 47.0 Å². The van der Waals surface area contributed by atoms with Crippen LogP contribution >= 0.6 is 27.7 Å². The molecule has 82 valence electrons. The normalized spacial score (nSPS) is 10.3. The van der Waals surface area contributed by atoms with Crippen LogP contribution in [0.2, 0.25) is 0 Å². The Kier molecular flexibility index (Phi) is 3.79. The van der Waals surface area contributed by atoms with Crippen molar-refractivity contribution in [1.82, 2.24) is 9.97 Å². The van der Waals surface area contributed by atoms with Gasteiger partial charge in [-0.1, -0.05) is 15.9 Å². The summed E-state index contributed by atoms with van der Waals surface area (Å²) in [5.74, 6) is 0.772. The average molecular weight is 296 g/mol. The molecule has 0 aliphatic rings. The molecule has 0 saturated heterocycles. The van der Waals surface area contributed by atoms with E-state index in [9.17, 15) is 0 Å². The molecule has 0 aliphatic heterocycles. The number of benzene rings is 1. The van der Waals surface area contributed by atoms with Crippen LogP contribution in [-0.4, -0.2) is 9.97 Å². The third kappa shape index (κ3) is 2.96. The van der Waals surface area contributed by atoms with E-state index in [1.54, 1.807) is 30.4 Å². The second kappa shape index (κ2) is 5.32. The maximum Gasteiger partial charge on any atom is 0.0689 e. The van der Waals surface area contributed by atoms with Gasteiger partial charge in [0.1, 0.15) is 0 Å². The van der Waals surface area contributed by atoms with E-state index in [1.807, 2.05) is 18.2 Å². The second-order valence-electron chi connectivity index (χ2n) is 3.17. The molecule has 1 aromatic heterocycles. The van der Waals surface area contributed by atoms with E-state index in [0.717, 1.165) is 26.5 Å². The zero-order valence-electron chi connectivity index (χ0n) is 8.43. The molecule has 2 rings (SSSR count). The highest BCUT2D eigenvalue weighted by Crippen LogP contribution is 2.30. The number of aromatic nitrogens is 2. The van der Waals surface area contributed by atoms with Gasteiger partial charge in [0.05, 0.1) is 5.69 Å². The highest BCUT2D eigenvalue weighted by Gasteiger charge is 2.02. The van der Waals surface area contributed by atoms with Gasteiger partial charge >= 0.3 is 0 Å². The van der Waals surface area contributed by atoms with Crippen LogP contribution in [0, 0.1) is 0 Å². The number of thioether (sulfide) groups is 1. The molecule has 16 heavy (non-hydrogen) atoms. The Morgan fingerprint density at radius 1 is 1.31 bits per heavy atom. The fraction of sp³-hybridized carbons (Fsp3) is 0.0909. The standard InChI is InChI=1S/C11H10BrN3S/c12-8-1-2-10(13)11(5-8)16-7-9-6-14-3-4-15-9/h1-6H,7,13H2. The zero-order valence-corrected chi connectivity index (χ0v) is 10.8. The second-order valence-corrected chi connectivity index (χ2v) is 5.10. The summed E-state index contributed by atoms with van der Waals surface area (Å²) in [6.45, 7) is 0. The Labute approximate surface area is 107 Å². The SMILES string of the molecule is Nc1ccc(Br)cc1SCc1cnccn1. The van der Waals surface area contributed by atoms with Crippen molar-refractivity contribution in [2.75, 3.05) is 5.73 Å². The van der Waals surface area contributed by atoms with Crippen molar-refractivity contribution >= 4 is 33.4 Å². The van der Waals surface area contributed by atoms with E-state index in [4.69, 9.17) is 5.73 Å². The molecule has 0 bridgehead atoms. The van der Waals surface area contributed by atoms with Crippen molar-refractivity contribution < 1.29 is 0 Å².